The molecule has 27 heavy (non-hydrogen) atoms. The summed E-state index contributed by atoms with van der Waals surface area (Å²) in [6.07, 6.45) is -0.309. The average molecular weight is 384 g/mol. The van der Waals surface area contributed by atoms with Crippen molar-refractivity contribution in [2.24, 2.45) is 0 Å². The van der Waals surface area contributed by atoms with E-state index in [1.165, 1.54) is 6.07 Å². The fraction of sp³-hybridized carbons (Fsp3) is 0.400. The van der Waals surface area contributed by atoms with E-state index in [2.05, 4.69) is 9.97 Å². The van der Waals surface area contributed by atoms with Crippen LogP contribution in [0.4, 0.5) is 22.0 Å². The highest BCUT2D eigenvalue weighted by Gasteiger charge is 2.32. The van der Waals surface area contributed by atoms with E-state index in [0.717, 1.165) is 5.57 Å². The van der Waals surface area contributed by atoms with Gasteiger partial charge in [-0.2, -0.15) is 13.2 Å². The molecule has 0 amide bonds. The normalized spacial score (nSPS) is 13.9. The van der Waals surface area contributed by atoms with Crippen molar-refractivity contribution in [3.05, 3.63) is 64.8 Å². The van der Waals surface area contributed by atoms with Crippen LogP contribution in [-0.2, 0) is 6.18 Å². The molecule has 7 heteroatoms. The van der Waals surface area contributed by atoms with Crippen molar-refractivity contribution in [3.63, 3.8) is 0 Å². The molecule has 0 bridgehead atoms. The summed E-state index contributed by atoms with van der Waals surface area (Å²) in [5.74, 6) is -1.84. The van der Waals surface area contributed by atoms with E-state index in [4.69, 9.17) is 0 Å². The first-order valence-corrected chi connectivity index (χ1v) is 8.56. The Morgan fingerprint density at radius 1 is 1.00 bits per heavy atom. The topological polar surface area (TPSA) is 25.8 Å². The van der Waals surface area contributed by atoms with Gasteiger partial charge in [0.05, 0.1) is 17.0 Å². The molecule has 2 rings (SSSR count). The SMILES string of the molecule is C/C(=C/CC(C)c1ncc(C(F)(F)F)cc1F)c1cnc(C(C)C)c(F)c1. The largest absolute Gasteiger partial charge is 0.417 e. The molecule has 0 aliphatic heterocycles. The molecule has 0 spiro atoms. The van der Waals surface area contributed by atoms with Crippen LogP contribution >= 0.6 is 0 Å². The Morgan fingerprint density at radius 3 is 2.11 bits per heavy atom. The van der Waals surface area contributed by atoms with Gasteiger partial charge < -0.3 is 0 Å². The van der Waals surface area contributed by atoms with Crippen molar-refractivity contribution in [2.75, 3.05) is 0 Å². The van der Waals surface area contributed by atoms with Gasteiger partial charge in [0.1, 0.15) is 11.6 Å². The lowest BCUT2D eigenvalue weighted by molar-refractivity contribution is -0.138. The molecule has 0 radical (unpaired) electrons. The number of halogens is 5. The lowest BCUT2D eigenvalue weighted by atomic mass is 9.98. The second-order valence-electron chi connectivity index (χ2n) is 6.86. The van der Waals surface area contributed by atoms with E-state index in [9.17, 15) is 22.0 Å². The van der Waals surface area contributed by atoms with Crippen LogP contribution in [0.25, 0.3) is 5.57 Å². The quantitative estimate of drug-likeness (QED) is 0.550. The maximum atomic E-state index is 14.1. The van der Waals surface area contributed by atoms with Crippen molar-refractivity contribution < 1.29 is 22.0 Å². The lowest BCUT2D eigenvalue weighted by Gasteiger charge is -2.13. The van der Waals surface area contributed by atoms with Gasteiger partial charge in [-0.1, -0.05) is 26.8 Å². The number of allylic oxidation sites excluding steroid dienone is 2. The zero-order valence-electron chi connectivity index (χ0n) is 15.5. The van der Waals surface area contributed by atoms with Gasteiger partial charge in [-0.25, -0.2) is 8.78 Å². The van der Waals surface area contributed by atoms with E-state index < -0.39 is 29.3 Å². The molecule has 0 aromatic carbocycles. The maximum absolute atomic E-state index is 14.1. The summed E-state index contributed by atoms with van der Waals surface area (Å²) in [5.41, 5.74) is 0.581. The summed E-state index contributed by atoms with van der Waals surface area (Å²) in [7, 11) is 0. The van der Waals surface area contributed by atoms with Crippen molar-refractivity contribution in [2.45, 2.75) is 52.1 Å². The van der Waals surface area contributed by atoms with Crippen LogP contribution in [0, 0.1) is 11.6 Å². The van der Waals surface area contributed by atoms with E-state index in [0.29, 0.717) is 29.9 Å². The first-order valence-electron chi connectivity index (χ1n) is 8.56. The fourth-order valence-corrected chi connectivity index (χ4v) is 2.64. The first-order chi connectivity index (χ1) is 12.5. The van der Waals surface area contributed by atoms with Crippen molar-refractivity contribution in [3.8, 4) is 0 Å². The molecule has 0 saturated carbocycles. The minimum atomic E-state index is -4.63. The van der Waals surface area contributed by atoms with Crippen molar-refractivity contribution in [1.29, 1.82) is 0 Å². The highest BCUT2D eigenvalue weighted by atomic mass is 19.4. The smallest absolute Gasteiger partial charge is 0.257 e. The molecule has 1 unspecified atom stereocenters. The Balaban J connectivity index is 2.16. The van der Waals surface area contributed by atoms with Crippen LogP contribution in [0.15, 0.2) is 30.6 Å². The van der Waals surface area contributed by atoms with Gasteiger partial charge in [-0.3, -0.25) is 9.97 Å². The number of pyridine rings is 2. The van der Waals surface area contributed by atoms with Gasteiger partial charge >= 0.3 is 6.18 Å². The van der Waals surface area contributed by atoms with Crippen LogP contribution in [0.3, 0.4) is 0 Å². The third-order valence-corrected chi connectivity index (χ3v) is 4.31. The van der Waals surface area contributed by atoms with Crippen molar-refractivity contribution in [1.82, 2.24) is 9.97 Å². The van der Waals surface area contributed by atoms with Gasteiger partial charge in [0.2, 0.25) is 0 Å². The zero-order valence-corrected chi connectivity index (χ0v) is 15.5. The molecule has 0 saturated heterocycles. The van der Waals surface area contributed by atoms with Gasteiger partial charge in [0, 0.05) is 18.3 Å². The second-order valence-corrected chi connectivity index (χ2v) is 6.86. The summed E-state index contributed by atoms with van der Waals surface area (Å²) in [4.78, 5) is 7.78. The highest BCUT2D eigenvalue weighted by molar-refractivity contribution is 5.63. The zero-order chi connectivity index (χ0) is 20.4. The molecular weight excluding hydrogens is 363 g/mol. The average Bonchev–Trinajstić information content (AvgIpc) is 2.58. The van der Waals surface area contributed by atoms with E-state index in [1.807, 2.05) is 13.8 Å². The van der Waals surface area contributed by atoms with Gasteiger partial charge in [0.15, 0.2) is 0 Å². The number of aromatic nitrogens is 2. The van der Waals surface area contributed by atoms with E-state index >= 15 is 0 Å². The Hall–Kier alpha value is -2.31. The minimum absolute atomic E-state index is 0.0305. The van der Waals surface area contributed by atoms with Crippen LogP contribution in [0.5, 0.6) is 0 Å². The predicted molar refractivity (Wildman–Crippen MR) is 94.2 cm³/mol. The van der Waals surface area contributed by atoms with E-state index in [1.54, 1.807) is 26.1 Å². The lowest BCUT2D eigenvalue weighted by Crippen LogP contribution is -2.09. The van der Waals surface area contributed by atoms with Crippen LogP contribution in [0.1, 0.15) is 68.5 Å². The summed E-state index contributed by atoms with van der Waals surface area (Å²) in [6.45, 7) is 7.14. The maximum Gasteiger partial charge on any atom is 0.417 e. The number of alkyl halides is 3. The van der Waals surface area contributed by atoms with Gasteiger partial charge in [-0.15, -0.1) is 0 Å². The summed E-state index contributed by atoms with van der Waals surface area (Å²) in [6, 6.07) is 1.86. The molecule has 2 aromatic heterocycles. The van der Waals surface area contributed by atoms with Crippen LogP contribution in [0.2, 0.25) is 0 Å². The number of rotatable bonds is 5. The number of hydrogen-bond donors (Lipinski definition) is 0. The molecule has 0 aliphatic carbocycles. The molecule has 1 atom stereocenters. The molecule has 2 nitrogen and oxygen atoms in total. The fourth-order valence-electron chi connectivity index (χ4n) is 2.64. The standard InChI is InChI=1S/C20H21F5N2/c1-11(2)18-16(21)7-14(9-26-18)12(3)5-6-13(4)19-17(22)8-15(10-27-19)20(23,24)25/h5,7-11,13H,6H2,1-4H3/b12-5-. The third kappa shape index (κ3) is 5.11. The van der Waals surface area contributed by atoms with Gasteiger partial charge in [-0.05, 0) is 42.5 Å². The predicted octanol–water partition coefficient (Wildman–Crippen LogP) is 6.49. The Kier molecular flexibility index (Phi) is 6.34. The van der Waals surface area contributed by atoms with Crippen LogP contribution < -0.4 is 0 Å². The molecule has 0 fully saturated rings. The molecule has 146 valence electrons. The molecule has 2 heterocycles. The van der Waals surface area contributed by atoms with Gasteiger partial charge in [0.25, 0.3) is 0 Å². The molecular formula is C20H21F5N2. The number of hydrogen-bond acceptors (Lipinski definition) is 2. The Bertz CT molecular complexity index is 841. The molecule has 2 aromatic rings. The minimum Gasteiger partial charge on any atom is -0.257 e. The second kappa shape index (κ2) is 8.15. The molecule has 0 aliphatic rings. The highest BCUT2D eigenvalue weighted by Crippen LogP contribution is 2.31. The summed E-state index contributed by atoms with van der Waals surface area (Å²) in [5, 5.41) is 0. The van der Waals surface area contributed by atoms with Crippen molar-refractivity contribution >= 4 is 5.57 Å². The first kappa shape index (κ1) is 21.0. The molecule has 0 N–H and O–H groups in total. The monoisotopic (exact) mass is 384 g/mol. The number of nitrogens with zero attached hydrogens (tertiary/aromatic N) is 2. The van der Waals surface area contributed by atoms with E-state index in [-0.39, 0.29) is 11.6 Å². The summed E-state index contributed by atoms with van der Waals surface area (Å²) >= 11 is 0. The summed E-state index contributed by atoms with van der Waals surface area (Å²) < 4.78 is 65.9. The third-order valence-electron chi connectivity index (χ3n) is 4.31. The Labute approximate surface area is 155 Å². The Morgan fingerprint density at radius 2 is 1.59 bits per heavy atom. The van der Waals surface area contributed by atoms with Crippen LogP contribution in [-0.4, -0.2) is 9.97 Å².